The lowest BCUT2D eigenvalue weighted by atomic mass is 10.1. The first-order valence-electron chi connectivity index (χ1n) is 14.2. The Bertz CT molecular complexity index is 1470. The second-order valence-corrected chi connectivity index (χ2v) is 12.0. The summed E-state index contributed by atoms with van der Waals surface area (Å²) in [4.78, 5) is 33.4. The number of nitrogens with two attached hydrogens (primary N) is 1. The summed E-state index contributed by atoms with van der Waals surface area (Å²) in [6.07, 6.45) is -0.425. The van der Waals surface area contributed by atoms with Gasteiger partial charge in [0, 0.05) is 18.1 Å². The van der Waals surface area contributed by atoms with E-state index in [0.29, 0.717) is 48.1 Å². The number of halogens is 1. The van der Waals surface area contributed by atoms with E-state index < -0.39 is 44.6 Å². The van der Waals surface area contributed by atoms with E-state index in [9.17, 15) is 19.0 Å². The van der Waals surface area contributed by atoms with E-state index in [2.05, 4.69) is 0 Å². The van der Waals surface area contributed by atoms with Crippen molar-refractivity contribution in [1.29, 1.82) is 0 Å². The number of esters is 1. The molecule has 0 spiro atoms. The number of carboxylic acids is 1. The minimum absolute atomic E-state index is 0.0533. The van der Waals surface area contributed by atoms with E-state index in [1.54, 1.807) is 24.3 Å². The molecule has 1 aliphatic rings. The summed E-state index contributed by atoms with van der Waals surface area (Å²) in [6, 6.07) is 20.5. The van der Waals surface area contributed by atoms with Gasteiger partial charge in [0.2, 0.25) is 0 Å². The second-order valence-electron chi connectivity index (χ2n) is 10.2. The Morgan fingerprint density at radius 3 is 2.62 bits per heavy atom. The Balaban J connectivity index is 1.25. The molecule has 12 nitrogen and oxygen atoms in total. The largest absolute Gasteiger partial charge is 0.489 e. The molecule has 45 heavy (non-hydrogen) atoms. The molecule has 3 aromatic carbocycles. The number of hydrogen-bond donors (Lipinski definition) is 3. The predicted molar refractivity (Wildman–Crippen MR) is 163 cm³/mol. The Kier molecular flexibility index (Phi) is 12.8. The molecule has 1 unspecified atom stereocenters. The highest BCUT2D eigenvalue weighted by atomic mass is 35.5. The lowest BCUT2D eigenvalue weighted by Gasteiger charge is -2.32. The van der Waals surface area contributed by atoms with Crippen LogP contribution in [0.25, 0.3) is 0 Å². The zero-order chi connectivity index (χ0) is 32.2. The molecule has 1 fully saturated rings. The standard InChI is InChI=1S/C31H35ClNO11P/c32-23-11-13-24(14-12-23)43-25-7-3-5-21(17-25)18-40-27-8-2-1-6-22(27)10-15-30(34)41-20-29-28(9-4-16-39-29)44-45(37,38)42-19-26(33)31(35)36/h1-3,5-8,11-14,17,26,28-29H,4,9-10,15-16,18-20,33H2,(H,35,36)(H,37,38)/t26-,28+,29+/m0/s1. The van der Waals surface area contributed by atoms with Crippen LogP contribution in [-0.4, -0.2) is 60.0 Å². The van der Waals surface area contributed by atoms with Crippen LogP contribution in [0.3, 0.4) is 0 Å². The molecule has 4 N–H and O–H groups in total. The summed E-state index contributed by atoms with van der Waals surface area (Å²) in [6.45, 7) is -0.291. The molecule has 0 radical (unpaired) electrons. The number of carboxylic acid groups (broad SMARTS) is 1. The van der Waals surface area contributed by atoms with Gasteiger partial charge in [-0.1, -0.05) is 41.9 Å². The highest BCUT2D eigenvalue weighted by Crippen LogP contribution is 2.46. The van der Waals surface area contributed by atoms with Crippen LogP contribution in [0.1, 0.15) is 30.4 Å². The van der Waals surface area contributed by atoms with Crippen LogP contribution < -0.4 is 15.2 Å². The lowest BCUT2D eigenvalue weighted by Crippen LogP contribution is -2.40. The Morgan fingerprint density at radius 2 is 1.84 bits per heavy atom. The number of benzene rings is 3. The minimum atomic E-state index is -4.64. The van der Waals surface area contributed by atoms with Crippen LogP contribution in [0.2, 0.25) is 5.02 Å². The van der Waals surface area contributed by atoms with E-state index in [1.807, 2.05) is 48.5 Å². The van der Waals surface area contributed by atoms with Crippen LogP contribution in [0.5, 0.6) is 17.2 Å². The Labute approximate surface area is 265 Å². The van der Waals surface area contributed by atoms with Crippen molar-refractivity contribution in [3.63, 3.8) is 0 Å². The van der Waals surface area contributed by atoms with Gasteiger partial charge in [-0.3, -0.25) is 18.6 Å². The van der Waals surface area contributed by atoms with Gasteiger partial charge in [-0.2, -0.15) is 0 Å². The zero-order valence-electron chi connectivity index (χ0n) is 24.3. The Hall–Kier alpha value is -3.48. The molecule has 1 heterocycles. The van der Waals surface area contributed by atoms with Crippen molar-refractivity contribution in [2.24, 2.45) is 5.73 Å². The second kappa shape index (κ2) is 16.7. The van der Waals surface area contributed by atoms with Crippen LogP contribution in [0, 0.1) is 0 Å². The van der Waals surface area contributed by atoms with Crippen LogP contribution in [-0.2, 0) is 45.7 Å². The van der Waals surface area contributed by atoms with Crippen molar-refractivity contribution < 1.29 is 52.1 Å². The van der Waals surface area contributed by atoms with E-state index in [1.165, 1.54) is 0 Å². The van der Waals surface area contributed by atoms with Crippen molar-refractivity contribution in [1.82, 2.24) is 0 Å². The van der Waals surface area contributed by atoms with Gasteiger partial charge in [0.05, 0.1) is 12.7 Å². The summed E-state index contributed by atoms with van der Waals surface area (Å²) in [5.74, 6) is 0.0514. The van der Waals surface area contributed by atoms with E-state index >= 15 is 0 Å². The summed E-state index contributed by atoms with van der Waals surface area (Å²) in [5, 5.41) is 9.45. The number of aliphatic carboxylic acids is 1. The number of para-hydroxylation sites is 1. The van der Waals surface area contributed by atoms with Gasteiger partial charge in [0.15, 0.2) is 0 Å². The fourth-order valence-electron chi connectivity index (χ4n) is 4.37. The number of carbonyl (C=O) groups is 2. The molecule has 0 aliphatic carbocycles. The van der Waals surface area contributed by atoms with E-state index in [0.717, 1.165) is 11.1 Å². The third-order valence-electron chi connectivity index (χ3n) is 6.70. The minimum Gasteiger partial charge on any atom is -0.489 e. The van der Waals surface area contributed by atoms with Crippen molar-refractivity contribution in [2.75, 3.05) is 19.8 Å². The number of hydrogen-bond acceptors (Lipinski definition) is 10. The lowest BCUT2D eigenvalue weighted by molar-refractivity contribution is -0.154. The van der Waals surface area contributed by atoms with Crippen LogP contribution in [0.4, 0.5) is 0 Å². The SMILES string of the molecule is N[C@@H](COP(=O)(O)O[C@@H]1CCCO[C@@H]1COC(=O)CCc1ccccc1OCc1cccc(Oc2ccc(Cl)cc2)c1)C(=O)O. The number of carbonyl (C=O) groups excluding carboxylic acids is 1. The van der Waals surface area contributed by atoms with Crippen molar-refractivity contribution in [2.45, 2.75) is 50.5 Å². The summed E-state index contributed by atoms with van der Waals surface area (Å²) in [5.41, 5.74) is 7.02. The molecule has 0 amide bonds. The number of aryl methyl sites for hydroxylation is 1. The molecule has 242 valence electrons. The monoisotopic (exact) mass is 663 g/mol. The van der Waals surface area contributed by atoms with E-state index in [-0.39, 0.29) is 19.6 Å². The van der Waals surface area contributed by atoms with Gasteiger partial charge >= 0.3 is 19.8 Å². The van der Waals surface area contributed by atoms with Crippen molar-refractivity contribution >= 4 is 31.4 Å². The van der Waals surface area contributed by atoms with Crippen LogP contribution >= 0.6 is 19.4 Å². The van der Waals surface area contributed by atoms with Gasteiger partial charge < -0.3 is 34.7 Å². The molecular weight excluding hydrogens is 629 g/mol. The third-order valence-corrected chi connectivity index (χ3v) is 7.97. The number of phosphoric acid groups is 1. The van der Waals surface area contributed by atoms with Gasteiger partial charge in [-0.25, -0.2) is 4.57 Å². The van der Waals surface area contributed by atoms with Crippen LogP contribution in [0.15, 0.2) is 72.8 Å². The summed E-state index contributed by atoms with van der Waals surface area (Å²) < 4.78 is 45.2. The highest BCUT2D eigenvalue weighted by molar-refractivity contribution is 7.47. The Morgan fingerprint density at radius 1 is 1.07 bits per heavy atom. The van der Waals surface area contributed by atoms with Crippen molar-refractivity contribution in [3.8, 4) is 17.2 Å². The topological polar surface area (TPSA) is 173 Å². The molecule has 0 bridgehead atoms. The van der Waals surface area contributed by atoms with Gasteiger partial charge in [-0.15, -0.1) is 0 Å². The normalized spacial score (nSPS) is 18.4. The van der Waals surface area contributed by atoms with Gasteiger partial charge in [0.1, 0.15) is 42.6 Å². The first-order chi connectivity index (χ1) is 21.6. The maximum absolute atomic E-state index is 12.6. The highest BCUT2D eigenvalue weighted by Gasteiger charge is 2.36. The predicted octanol–water partition coefficient (Wildman–Crippen LogP) is 5.28. The molecule has 14 heteroatoms. The molecular formula is C31H35ClNO11P. The maximum Gasteiger partial charge on any atom is 0.472 e. The quantitative estimate of drug-likeness (QED) is 0.134. The van der Waals surface area contributed by atoms with Gasteiger partial charge in [0.25, 0.3) is 0 Å². The maximum atomic E-state index is 12.6. The average molecular weight is 664 g/mol. The fourth-order valence-corrected chi connectivity index (χ4v) is 5.49. The molecule has 1 aliphatic heterocycles. The van der Waals surface area contributed by atoms with Gasteiger partial charge in [-0.05, 0) is 72.9 Å². The first kappa shape index (κ1) is 34.4. The molecule has 0 saturated carbocycles. The number of phosphoric ester groups is 1. The summed E-state index contributed by atoms with van der Waals surface area (Å²) >= 11 is 5.94. The average Bonchev–Trinajstić information content (AvgIpc) is 3.02. The molecule has 3 aromatic rings. The van der Waals surface area contributed by atoms with E-state index in [4.69, 9.17) is 50.4 Å². The first-order valence-corrected chi connectivity index (χ1v) is 16.1. The molecule has 0 aromatic heterocycles. The fraction of sp³-hybridized carbons (Fsp3) is 0.355. The molecule has 1 saturated heterocycles. The third kappa shape index (κ3) is 11.4. The smallest absolute Gasteiger partial charge is 0.472 e. The van der Waals surface area contributed by atoms with Crippen molar-refractivity contribution in [3.05, 3.63) is 88.9 Å². The molecule has 4 rings (SSSR count). The summed E-state index contributed by atoms with van der Waals surface area (Å²) in [7, 11) is -4.64. The zero-order valence-corrected chi connectivity index (χ0v) is 25.9. The number of rotatable bonds is 16. The molecule has 4 atom stereocenters. The number of ether oxygens (including phenoxy) is 4.